The average Bonchev–Trinajstić information content (AvgIpc) is 3.44. The molecule has 0 bridgehead atoms. The van der Waals surface area contributed by atoms with Crippen molar-refractivity contribution in [2.75, 3.05) is 13.3 Å². The zero-order valence-electron chi connectivity index (χ0n) is 16.0. The Morgan fingerprint density at radius 3 is 2.86 bits per heavy atom. The Kier molecular flexibility index (Phi) is 4.60. The molecule has 0 saturated carbocycles. The fourth-order valence-electron chi connectivity index (χ4n) is 4.12. The summed E-state index contributed by atoms with van der Waals surface area (Å²) in [5.74, 6) is 1.82. The molecule has 3 heterocycles. The second-order valence-electron chi connectivity index (χ2n) is 7.37. The summed E-state index contributed by atoms with van der Waals surface area (Å²) < 4.78 is 29.3. The van der Waals surface area contributed by atoms with E-state index in [1.54, 1.807) is 27.4 Å². The van der Waals surface area contributed by atoms with Gasteiger partial charge in [-0.05, 0) is 54.9 Å². The fourth-order valence-corrected chi connectivity index (χ4v) is 4.31. The van der Waals surface area contributed by atoms with E-state index in [1.165, 1.54) is 11.6 Å². The molecule has 1 atom stereocenters. The van der Waals surface area contributed by atoms with Gasteiger partial charge in [0, 0.05) is 19.6 Å². The molecule has 2 aliphatic rings. The van der Waals surface area contributed by atoms with E-state index in [0.29, 0.717) is 22.8 Å². The zero-order valence-corrected chi connectivity index (χ0v) is 16.9. The van der Waals surface area contributed by atoms with E-state index in [9.17, 15) is 4.39 Å². The van der Waals surface area contributed by atoms with E-state index in [0.717, 1.165) is 30.9 Å². The first-order valence-corrected chi connectivity index (χ1v) is 10.0. The van der Waals surface area contributed by atoms with Gasteiger partial charge in [-0.15, -0.1) is 0 Å². The van der Waals surface area contributed by atoms with Crippen LogP contribution in [0.2, 0.25) is 0 Å². The molecule has 29 heavy (non-hydrogen) atoms. The van der Waals surface area contributed by atoms with Crippen molar-refractivity contribution in [1.82, 2.24) is 19.2 Å². The van der Waals surface area contributed by atoms with Crippen LogP contribution in [0, 0.1) is 10.6 Å². The molecule has 150 valence electrons. The highest BCUT2D eigenvalue weighted by Gasteiger charge is 2.28. The van der Waals surface area contributed by atoms with Gasteiger partial charge >= 0.3 is 0 Å². The normalized spacial score (nSPS) is 18.5. The molecule has 1 fully saturated rings. The van der Waals surface area contributed by atoms with Crippen molar-refractivity contribution in [2.45, 2.75) is 25.6 Å². The fraction of sp³-hybridized carbons (Fsp3) is 0.333. The topological polar surface area (TPSA) is 44.5 Å². The van der Waals surface area contributed by atoms with E-state index in [1.807, 2.05) is 13.1 Å². The molecule has 3 aromatic rings. The summed E-state index contributed by atoms with van der Waals surface area (Å²) in [4.78, 5) is 2.35. The molecule has 0 spiro atoms. The maximum Gasteiger partial charge on any atom is 0.231 e. The smallest absolute Gasteiger partial charge is 0.231 e. The van der Waals surface area contributed by atoms with E-state index in [-0.39, 0.29) is 18.7 Å². The molecule has 5 rings (SSSR count). The van der Waals surface area contributed by atoms with Crippen molar-refractivity contribution >= 4 is 12.2 Å². The minimum absolute atomic E-state index is 0.255. The number of hydrogen-bond donors (Lipinski definition) is 0. The van der Waals surface area contributed by atoms with Gasteiger partial charge in [-0.1, -0.05) is 18.2 Å². The minimum Gasteiger partial charge on any atom is -0.454 e. The maximum absolute atomic E-state index is 14.3. The highest BCUT2D eigenvalue weighted by Crippen LogP contribution is 2.39. The quantitative estimate of drug-likeness (QED) is 0.599. The van der Waals surface area contributed by atoms with Gasteiger partial charge in [0.2, 0.25) is 6.79 Å². The van der Waals surface area contributed by atoms with Crippen LogP contribution in [0.5, 0.6) is 11.5 Å². The lowest BCUT2D eigenvalue weighted by molar-refractivity contribution is 0.173. The Morgan fingerprint density at radius 1 is 1.17 bits per heavy atom. The molecule has 2 aromatic carbocycles. The number of aromatic nitrogens is 3. The molecule has 0 N–H and O–H groups in total. The lowest BCUT2D eigenvalue weighted by atomic mass is 10.0. The van der Waals surface area contributed by atoms with Crippen molar-refractivity contribution in [3.05, 3.63) is 58.6 Å². The third-order valence-corrected chi connectivity index (χ3v) is 6.10. The summed E-state index contributed by atoms with van der Waals surface area (Å²) in [6.45, 7) is 1.78. The van der Waals surface area contributed by atoms with Gasteiger partial charge in [0.15, 0.2) is 22.1 Å². The number of nitrogens with zero attached hydrogens (tertiary/aromatic N) is 4. The Labute approximate surface area is 173 Å². The van der Waals surface area contributed by atoms with E-state index < -0.39 is 0 Å². The molecule has 1 unspecified atom stereocenters. The van der Waals surface area contributed by atoms with Gasteiger partial charge in [0.1, 0.15) is 5.82 Å². The number of hydrogen-bond acceptors (Lipinski definition) is 5. The number of halogens is 1. The molecular weight excluding hydrogens is 391 g/mol. The van der Waals surface area contributed by atoms with Gasteiger partial charge in [-0.2, -0.15) is 5.10 Å². The number of likely N-dealkylation sites (tertiary alicyclic amines) is 1. The first-order valence-electron chi connectivity index (χ1n) is 9.64. The summed E-state index contributed by atoms with van der Waals surface area (Å²) in [6.07, 6.45) is 2.15. The van der Waals surface area contributed by atoms with Crippen LogP contribution in [0.4, 0.5) is 4.39 Å². The summed E-state index contributed by atoms with van der Waals surface area (Å²) in [7, 11) is 1.83. The summed E-state index contributed by atoms with van der Waals surface area (Å²) >= 11 is 5.59. The average molecular weight is 412 g/mol. The van der Waals surface area contributed by atoms with Crippen molar-refractivity contribution < 1.29 is 13.9 Å². The van der Waals surface area contributed by atoms with Gasteiger partial charge in [-0.3, -0.25) is 4.90 Å². The first-order chi connectivity index (χ1) is 14.1. The number of fused-ring (bicyclic) bond motifs is 1. The second-order valence-corrected chi connectivity index (χ2v) is 7.73. The Hall–Kier alpha value is -2.71. The van der Waals surface area contributed by atoms with Crippen LogP contribution in [0.3, 0.4) is 0 Å². The van der Waals surface area contributed by atoms with Crippen molar-refractivity contribution in [3.8, 4) is 22.9 Å². The molecule has 2 aliphatic heterocycles. The summed E-state index contributed by atoms with van der Waals surface area (Å²) in [5, 5.41) is 4.64. The van der Waals surface area contributed by atoms with Crippen LogP contribution in [0.25, 0.3) is 11.4 Å². The molecule has 1 aromatic heterocycles. The van der Waals surface area contributed by atoms with Crippen molar-refractivity contribution in [2.24, 2.45) is 7.05 Å². The third-order valence-electron chi connectivity index (χ3n) is 5.62. The molecule has 0 aliphatic carbocycles. The molecular formula is C21H21FN4O2S. The van der Waals surface area contributed by atoms with Crippen LogP contribution in [0.1, 0.15) is 24.4 Å². The molecule has 1 saturated heterocycles. The molecule has 6 nitrogen and oxygen atoms in total. The number of rotatable bonds is 4. The van der Waals surface area contributed by atoms with Crippen molar-refractivity contribution in [1.29, 1.82) is 0 Å². The standard InChI is InChI=1S/C21H21FN4O2S/c1-24-20(15-5-2-3-6-16(15)22)23-26(21(24)29)12-25-10-4-7-17(25)14-8-9-18-19(11-14)28-13-27-18/h2-3,5-6,8-9,11,17H,4,7,10,12-13H2,1H3. The first kappa shape index (κ1) is 18.3. The van der Waals surface area contributed by atoms with Gasteiger partial charge in [-0.25, -0.2) is 9.07 Å². The Bertz CT molecular complexity index is 1130. The Morgan fingerprint density at radius 2 is 2.00 bits per heavy atom. The van der Waals surface area contributed by atoms with Crippen LogP contribution >= 0.6 is 12.2 Å². The van der Waals surface area contributed by atoms with E-state index in [4.69, 9.17) is 21.7 Å². The van der Waals surface area contributed by atoms with Crippen LogP contribution in [-0.4, -0.2) is 32.6 Å². The number of benzene rings is 2. The Balaban J connectivity index is 1.43. The van der Waals surface area contributed by atoms with Crippen LogP contribution in [-0.2, 0) is 13.7 Å². The van der Waals surface area contributed by atoms with Crippen molar-refractivity contribution in [3.63, 3.8) is 0 Å². The SMILES string of the molecule is Cn1c(-c2ccccc2F)nn(CN2CCCC2c2ccc3c(c2)OCO3)c1=S. The highest BCUT2D eigenvalue weighted by molar-refractivity contribution is 7.71. The molecule has 0 amide bonds. The summed E-state index contributed by atoms with van der Waals surface area (Å²) in [5.41, 5.74) is 1.65. The van der Waals surface area contributed by atoms with Gasteiger partial charge in [0.25, 0.3) is 0 Å². The van der Waals surface area contributed by atoms with E-state index >= 15 is 0 Å². The minimum atomic E-state index is -0.304. The monoisotopic (exact) mass is 412 g/mol. The zero-order chi connectivity index (χ0) is 20.0. The summed E-state index contributed by atoms with van der Waals surface area (Å²) in [6, 6.07) is 13.0. The van der Waals surface area contributed by atoms with Gasteiger partial charge in [0.05, 0.1) is 12.2 Å². The van der Waals surface area contributed by atoms with Gasteiger partial charge < -0.3 is 14.0 Å². The highest BCUT2D eigenvalue weighted by atomic mass is 32.1. The van der Waals surface area contributed by atoms with Crippen LogP contribution in [0.15, 0.2) is 42.5 Å². The predicted molar refractivity (Wildman–Crippen MR) is 109 cm³/mol. The lowest BCUT2D eigenvalue weighted by Gasteiger charge is -2.24. The molecule has 8 heteroatoms. The second kappa shape index (κ2) is 7.27. The predicted octanol–water partition coefficient (Wildman–Crippen LogP) is 4.28. The maximum atomic E-state index is 14.3. The largest absolute Gasteiger partial charge is 0.454 e. The lowest BCUT2D eigenvalue weighted by Crippen LogP contribution is -2.27. The third kappa shape index (κ3) is 3.22. The van der Waals surface area contributed by atoms with E-state index in [2.05, 4.69) is 22.1 Å². The molecule has 0 radical (unpaired) electrons. The van der Waals surface area contributed by atoms with Crippen LogP contribution < -0.4 is 9.47 Å². The number of ether oxygens (including phenoxy) is 2.